The molecule has 1 N–H and O–H groups in total. The number of nitrogens with zero attached hydrogens (tertiary/aromatic N) is 3. The minimum absolute atomic E-state index is 0.0363. The van der Waals surface area contributed by atoms with Crippen LogP contribution in [0.4, 0.5) is 0 Å². The second kappa shape index (κ2) is 9.08. The zero-order valence-electron chi connectivity index (χ0n) is 19.0. The molecule has 0 unspecified atom stereocenters. The van der Waals surface area contributed by atoms with E-state index in [0.29, 0.717) is 22.3 Å². The van der Waals surface area contributed by atoms with E-state index < -0.39 is 5.56 Å². The van der Waals surface area contributed by atoms with E-state index in [0.717, 1.165) is 39.5 Å². The molecule has 0 spiro atoms. The number of benzene rings is 2. The van der Waals surface area contributed by atoms with Crippen molar-refractivity contribution < 1.29 is 4.79 Å². The van der Waals surface area contributed by atoms with E-state index in [1.807, 2.05) is 68.4 Å². The average Bonchev–Trinajstić information content (AvgIpc) is 3.07. The van der Waals surface area contributed by atoms with Gasteiger partial charge in [0.1, 0.15) is 11.6 Å². The monoisotopic (exact) mass is 456 g/mol. The average molecular weight is 457 g/mol. The number of H-pyrrole nitrogens is 1. The van der Waals surface area contributed by atoms with Gasteiger partial charge in [-0.3, -0.25) is 14.2 Å². The van der Waals surface area contributed by atoms with E-state index in [9.17, 15) is 14.9 Å². The molecule has 166 valence electrons. The molecule has 2 aromatic carbocycles. The number of para-hydroxylation sites is 1. The van der Waals surface area contributed by atoms with Crippen molar-refractivity contribution in [1.29, 1.82) is 5.26 Å². The molecule has 0 atom stereocenters. The van der Waals surface area contributed by atoms with Gasteiger partial charge in [0.2, 0.25) is 5.91 Å². The molecule has 0 aliphatic rings. The molecule has 33 heavy (non-hydrogen) atoms. The van der Waals surface area contributed by atoms with Gasteiger partial charge in [0.05, 0.1) is 17.0 Å². The van der Waals surface area contributed by atoms with Gasteiger partial charge in [-0.25, -0.2) is 4.98 Å². The summed E-state index contributed by atoms with van der Waals surface area (Å²) in [7, 11) is 0. The number of hydrogen-bond acceptors (Lipinski definition) is 5. The van der Waals surface area contributed by atoms with E-state index in [4.69, 9.17) is 0 Å². The lowest BCUT2D eigenvalue weighted by atomic mass is 10.00. The fraction of sp³-hybridized carbons (Fsp3) is 0.231. The highest BCUT2D eigenvalue weighted by Crippen LogP contribution is 2.27. The van der Waals surface area contributed by atoms with E-state index in [-0.39, 0.29) is 17.2 Å². The molecule has 7 heteroatoms. The largest absolute Gasteiger partial charge is 0.300 e. The fourth-order valence-electron chi connectivity index (χ4n) is 3.90. The van der Waals surface area contributed by atoms with Crippen LogP contribution in [-0.4, -0.2) is 26.2 Å². The van der Waals surface area contributed by atoms with Gasteiger partial charge < -0.3 is 4.98 Å². The topological polar surface area (TPSA) is 91.5 Å². The number of aromatic nitrogens is 3. The molecule has 0 aliphatic carbocycles. The summed E-state index contributed by atoms with van der Waals surface area (Å²) in [6.45, 7) is 8.14. The molecule has 0 saturated heterocycles. The lowest BCUT2D eigenvalue weighted by Gasteiger charge is -2.10. The highest BCUT2D eigenvalue weighted by molar-refractivity contribution is 7.99. The Morgan fingerprint density at radius 2 is 1.85 bits per heavy atom. The molecule has 2 aromatic heterocycles. The van der Waals surface area contributed by atoms with E-state index >= 15 is 0 Å². The normalized spacial score (nSPS) is 11.2. The van der Waals surface area contributed by atoms with Crippen molar-refractivity contribution in [1.82, 2.24) is 14.5 Å². The van der Waals surface area contributed by atoms with Crippen molar-refractivity contribution in [2.45, 2.75) is 38.8 Å². The number of aryl methyl sites for hydroxylation is 1. The molecule has 0 saturated carbocycles. The van der Waals surface area contributed by atoms with Crippen LogP contribution in [0.25, 0.3) is 22.2 Å². The molecule has 0 fully saturated rings. The Balaban J connectivity index is 1.65. The quantitative estimate of drug-likeness (QED) is 0.319. The van der Waals surface area contributed by atoms with Crippen LogP contribution in [0.2, 0.25) is 0 Å². The van der Waals surface area contributed by atoms with Crippen LogP contribution in [0.3, 0.4) is 0 Å². The maximum absolute atomic E-state index is 13.1. The predicted octanol–water partition coefficient (Wildman–Crippen LogP) is 5.44. The van der Waals surface area contributed by atoms with E-state index in [1.54, 1.807) is 4.57 Å². The molecule has 0 radical (unpaired) electrons. The highest BCUT2D eigenvalue weighted by Gasteiger charge is 2.18. The molecular formula is C26H24N4O2S. The Bertz CT molecular complexity index is 1460. The zero-order valence-corrected chi connectivity index (χ0v) is 19.8. The summed E-state index contributed by atoms with van der Waals surface area (Å²) in [5, 5.41) is 10.9. The molecule has 6 nitrogen and oxygen atoms in total. The van der Waals surface area contributed by atoms with Crippen LogP contribution in [0.1, 0.15) is 46.9 Å². The minimum Gasteiger partial charge on any atom is -0.300 e. The summed E-state index contributed by atoms with van der Waals surface area (Å²) in [5.41, 5.74) is 4.46. The van der Waals surface area contributed by atoms with E-state index in [1.165, 1.54) is 0 Å². The first-order chi connectivity index (χ1) is 15.8. The van der Waals surface area contributed by atoms with Crippen molar-refractivity contribution in [2.75, 3.05) is 5.75 Å². The Hall–Kier alpha value is -3.63. The number of fused-ring (bicyclic) bond motifs is 1. The van der Waals surface area contributed by atoms with Crippen LogP contribution in [0.5, 0.6) is 0 Å². The second-order valence-corrected chi connectivity index (χ2v) is 9.19. The van der Waals surface area contributed by atoms with Crippen LogP contribution in [-0.2, 0) is 0 Å². The number of aromatic amines is 1. The summed E-state index contributed by atoms with van der Waals surface area (Å²) in [6, 6.07) is 17.5. The van der Waals surface area contributed by atoms with E-state index in [2.05, 4.69) is 23.8 Å². The maximum atomic E-state index is 13.1. The van der Waals surface area contributed by atoms with Crippen molar-refractivity contribution in [3.63, 3.8) is 0 Å². The summed E-state index contributed by atoms with van der Waals surface area (Å²) in [4.78, 5) is 32.8. The first kappa shape index (κ1) is 22.6. The third kappa shape index (κ3) is 4.22. The van der Waals surface area contributed by atoms with Gasteiger partial charge in [-0.05, 0) is 37.0 Å². The number of hydrogen-bond donors (Lipinski definition) is 1. The van der Waals surface area contributed by atoms with Crippen LogP contribution >= 0.6 is 11.8 Å². The summed E-state index contributed by atoms with van der Waals surface area (Å²) >= 11 is 1.15. The lowest BCUT2D eigenvalue weighted by Crippen LogP contribution is -2.17. The van der Waals surface area contributed by atoms with Gasteiger partial charge >= 0.3 is 0 Å². The first-order valence-electron chi connectivity index (χ1n) is 10.7. The summed E-state index contributed by atoms with van der Waals surface area (Å²) < 4.78 is 1.71. The highest BCUT2D eigenvalue weighted by atomic mass is 32.2. The molecule has 0 bridgehead atoms. The molecule has 4 aromatic rings. The number of thioether (sulfide) groups is 1. The molecule has 4 rings (SSSR count). The molecule has 0 amide bonds. The van der Waals surface area contributed by atoms with Gasteiger partial charge in [-0.1, -0.05) is 68.1 Å². The van der Waals surface area contributed by atoms with Crippen LogP contribution in [0, 0.1) is 25.2 Å². The smallest absolute Gasteiger partial charge is 0.270 e. The number of carbonyl (C=O) groups excluding carboxylic acids is 1. The molecular weight excluding hydrogens is 432 g/mol. The van der Waals surface area contributed by atoms with Gasteiger partial charge in [0, 0.05) is 16.6 Å². The molecule has 0 aliphatic heterocycles. The van der Waals surface area contributed by atoms with Crippen molar-refractivity contribution in [3.8, 4) is 17.3 Å². The summed E-state index contributed by atoms with van der Waals surface area (Å²) in [6.07, 6.45) is 0. The summed E-state index contributed by atoms with van der Waals surface area (Å²) in [5.74, 6) is 0.367. The fourth-order valence-corrected chi connectivity index (χ4v) is 4.61. The third-order valence-corrected chi connectivity index (χ3v) is 6.73. The Morgan fingerprint density at radius 3 is 2.52 bits per heavy atom. The SMILES string of the molecule is Cc1c(C)n(C(=O)CSc2nc(-c3ccc(C(C)C)cc3)c(C#N)c(=O)[nH]2)c2ccccc12. The van der Waals surface area contributed by atoms with Crippen molar-refractivity contribution in [3.05, 3.63) is 81.3 Å². The van der Waals surface area contributed by atoms with Gasteiger partial charge in [-0.2, -0.15) is 5.26 Å². The number of carbonyl (C=O) groups is 1. The zero-order chi connectivity index (χ0) is 23.7. The Kier molecular flexibility index (Phi) is 6.21. The standard InChI is InChI=1S/C26H24N4O2S/c1-15(2)18-9-11-19(12-10-18)24-21(13-27)25(32)29-26(28-24)33-14-23(31)30-17(4)16(3)20-7-5-6-8-22(20)30/h5-12,15H,14H2,1-4H3,(H,28,29,32). The van der Waals surface area contributed by atoms with Crippen LogP contribution < -0.4 is 5.56 Å². The van der Waals surface area contributed by atoms with Gasteiger partial charge in [-0.15, -0.1) is 0 Å². The second-order valence-electron chi connectivity index (χ2n) is 8.23. The number of nitriles is 1. The maximum Gasteiger partial charge on any atom is 0.270 e. The lowest BCUT2D eigenvalue weighted by molar-refractivity contribution is 0.0945. The van der Waals surface area contributed by atoms with Crippen molar-refractivity contribution in [2.24, 2.45) is 0 Å². The Labute approximate surface area is 196 Å². The van der Waals surface area contributed by atoms with Gasteiger partial charge in [0.15, 0.2) is 5.16 Å². The number of rotatable bonds is 5. The molecule has 2 heterocycles. The van der Waals surface area contributed by atoms with Crippen molar-refractivity contribution >= 4 is 28.6 Å². The minimum atomic E-state index is -0.510. The Morgan fingerprint density at radius 1 is 1.15 bits per heavy atom. The number of nitrogens with one attached hydrogen (secondary N) is 1. The third-order valence-electron chi connectivity index (χ3n) is 5.87. The van der Waals surface area contributed by atoms with Crippen LogP contribution in [0.15, 0.2) is 58.5 Å². The first-order valence-corrected chi connectivity index (χ1v) is 11.7. The predicted molar refractivity (Wildman–Crippen MR) is 132 cm³/mol. The van der Waals surface area contributed by atoms with Gasteiger partial charge in [0.25, 0.3) is 5.56 Å².